The third-order valence-corrected chi connectivity index (χ3v) is 4.73. The molecule has 2 aliphatic heterocycles. The van der Waals surface area contributed by atoms with Gasteiger partial charge in [0, 0.05) is 12.0 Å². The number of nitrogens with one attached hydrogen (secondary N) is 2. The summed E-state index contributed by atoms with van der Waals surface area (Å²) < 4.78 is 13.7. The average molecular weight is 365 g/mol. The number of fused-ring (bicyclic) bond motifs is 4. The van der Waals surface area contributed by atoms with Gasteiger partial charge in [0.1, 0.15) is 10.7 Å². The van der Waals surface area contributed by atoms with E-state index in [1.165, 1.54) is 0 Å². The topological polar surface area (TPSA) is 86.1 Å². The van der Waals surface area contributed by atoms with Crippen LogP contribution in [0.5, 0.6) is 5.75 Å². The molecule has 2 bridgehead atoms. The molecule has 2 aliphatic rings. The molecule has 8 nitrogen and oxygen atoms in total. The summed E-state index contributed by atoms with van der Waals surface area (Å²) in [7, 11) is 0. The third kappa shape index (κ3) is 3.00. The van der Waals surface area contributed by atoms with Crippen molar-refractivity contribution in [3.63, 3.8) is 0 Å². The minimum Gasteiger partial charge on any atom is -0.487 e. The molecule has 25 heavy (non-hydrogen) atoms. The van der Waals surface area contributed by atoms with Crippen LogP contribution in [-0.2, 0) is 4.74 Å². The molecule has 4 rings (SSSR count). The minimum absolute atomic E-state index is 0.0854. The van der Waals surface area contributed by atoms with Crippen LogP contribution >= 0.6 is 11.6 Å². The van der Waals surface area contributed by atoms with Crippen molar-refractivity contribution in [3.05, 3.63) is 16.9 Å². The lowest BCUT2D eigenvalue weighted by molar-refractivity contribution is 0.167. The molecule has 1 fully saturated rings. The number of anilines is 3. The Morgan fingerprint density at radius 1 is 1.32 bits per heavy atom. The highest BCUT2D eigenvalue weighted by atomic mass is 35.5. The van der Waals surface area contributed by atoms with Crippen molar-refractivity contribution in [1.29, 1.82) is 0 Å². The molecule has 0 aromatic carbocycles. The second-order valence-electron chi connectivity index (χ2n) is 6.68. The van der Waals surface area contributed by atoms with E-state index in [9.17, 15) is 0 Å². The van der Waals surface area contributed by atoms with Gasteiger partial charge in [0.05, 0.1) is 32.1 Å². The summed E-state index contributed by atoms with van der Waals surface area (Å²) >= 11 is 6.26. The first-order valence-electron chi connectivity index (χ1n) is 8.38. The fraction of sp³-hybridized carbons (Fsp3) is 0.562. The Kier molecular flexibility index (Phi) is 4.16. The fourth-order valence-corrected chi connectivity index (χ4v) is 3.26. The van der Waals surface area contributed by atoms with Crippen molar-refractivity contribution in [3.8, 4) is 5.75 Å². The van der Waals surface area contributed by atoms with Crippen LogP contribution in [0.3, 0.4) is 0 Å². The molecule has 0 unspecified atom stereocenters. The molecule has 2 aromatic rings. The maximum atomic E-state index is 6.26. The number of aryl methyl sites for hydroxylation is 1. The van der Waals surface area contributed by atoms with Gasteiger partial charge in [-0.15, -0.1) is 0 Å². The molecular formula is C16H21ClN6O2. The van der Waals surface area contributed by atoms with Crippen molar-refractivity contribution in [2.45, 2.75) is 32.9 Å². The Balaban J connectivity index is 1.81. The standard InChI is InChI=1S/C16H21ClN6O2/c1-8(2)23-15-13(9(3)22-23)25-6-10-5-24-7-12(10)19-14-11(17)4-18-16(20-14)21-15/h4,8,10,12H,5-7H2,1-3H3,(H2,18,19,20,21)/t10-,12+/m0/s1. The second-order valence-corrected chi connectivity index (χ2v) is 7.08. The number of nitrogens with zero attached hydrogens (tertiary/aromatic N) is 4. The van der Waals surface area contributed by atoms with E-state index in [-0.39, 0.29) is 18.0 Å². The van der Waals surface area contributed by atoms with E-state index in [2.05, 4.69) is 39.5 Å². The summed E-state index contributed by atoms with van der Waals surface area (Å²) in [6.07, 6.45) is 1.59. The van der Waals surface area contributed by atoms with Crippen molar-refractivity contribution in [2.24, 2.45) is 5.92 Å². The zero-order chi connectivity index (χ0) is 17.6. The van der Waals surface area contributed by atoms with Gasteiger partial charge in [0.2, 0.25) is 5.95 Å². The SMILES string of the molecule is Cc1nn(C(C)C)c2c1OC[C@@H]1COC[C@H]1Nc1nc(ncc1Cl)N2. The summed E-state index contributed by atoms with van der Waals surface area (Å²) in [5.41, 5.74) is 0.827. The molecule has 0 aliphatic carbocycles. The number of hydrogen-bond donors (Lipinski definition) is 2. The second kappa shape index (κ2) is 6.34. The molecule has 2 N–H and O–H groups in total. The number of hydrogen-bond acceptors (Lipinski definition) is 7. The maximum absolute atomic E-state index is 6.26. The lowest BCUT2D eigenvalue weighted by Gasteiger charge is -2.19. The summed E-state index contributed by atoms with van der Waals surface area (Å²) in [5, 5.41) is 11.7. The molecule has 0 spiro atoms. The Morgan fingerprint density at radius 3 is 2.96 bits per heavy atom. The fourth-order valence-electron chi connectivity index (χ4n) is 3.12. The molecule has 2 aromatic heterocycles. The van der Waals surface area contributed by atoms with Gasteiger partial charge < -0.3 is 20.1 Å². The summed E-state index contributed by atoms with van der Waals surface area (Å²) in [4.78, 5) is 8.81. The Hall–Kier alpha value is -2.06. The quantitative estimate of drug-likeness (QED) is 0.804. The highest BCUT2D eigenvalue weighted by molar-refractivity contribution is 6.32. The molecule has 0 amide bonds. The van der Waals surface area contributed by atoms with Crippen LogP contribution in [0.25, 0.3) is 0 Å². The first-order chi connectivity index (χ1) is 12.0. The molecule has 0 radical (unpaired) electrons. The number of rotatable bonds is 1. The van der Waals surface area contributed by atoms with E-state index in [0.29, 0.717) is 36.6 Å². The van der Waals surface area contributed by atoms with Crippen LogP contribution in [0.1, 0.15) is 25.6 Å². The average Bonchev–Trinajstić information content (AvgIpc) is 3.12. The lowest BCUT2D eigenvalue weighted by atomic mass is 10.1. The van der Waals surface area contributed by atoms with Crippen LogP contribution in [0.2, 0.25) is 5.02 Å². The molecular weight excluding hydrogens is 344 g/mol. The smallest absolute Gasteiger partial charge is 0.230 e. The van der Waals surface area contributed by atoms with Crippen LogP contribution < -0.4 is 15.4 Å². The molecule has 1 saturated heterocycles. The summed E-state index contributed by atoms with van der Waals surface area (Å²) in [6.45, 7) is 7.82. The highest BCUT2D eigenvalue weighted by Crippen LogP contribution is 2.35. The third-order valence-electron chi connectivity index (χ3n) is 4.46. The van der Waals surface area contributed by atoms with Gasteiger partial charge in [-0.2, -0.15) is 10.1 Å². The summed E-state index contributed by atoms with van der Waals surface area (Å²) in [5.74, 6) is 2.70. The van der Waals surface area contributed by atoms with Crippen LogP contribution in [0.4, 0.5) is 17.6 Å². The lowest BCUT2D eigenvalue weighted by Crippen LogP contribution is -2.32. The number of ether oxygens (including phenoxy) is 2. The van der Waals surface area contributed by atoms with E-state index in [1.54, 1.807) is 6.20 Å². The predicted molar refractivity (Wildman–Crippen MR) is 94.9 cm³/mol. The minimum atomic E-state index is 0.0854. The van der Waals surface area contributed by atoms with Gasteiger partial charge in [-0.3, -0.25) is 0 Å². The normalized spacial score (nSPS) is 22.3. The molecule has 4 heterocycles. The number of aromatic nitrogens is 4. The van der Waals surface area contributed by atoms with E-state index < -0.39 is 0 Å². The van der Waals surface area contributed by atoms with Crippen LogP contribution in [0, 0.1) is 12.8 Å². The molecule has 2 atom stereocenters. The molecule has 134 valence electrons. The number of halogens is 1. The van der Waals surface area contributed by atoms with E-state index in [1.807, 2.05) is 11.6 Å². The monoisotopic (exact) mass is 364 g/mol. The Bertz CT molecular complexity index is 793. The maximum Gasteiger partial charge on any atom is 0.230 e. The molecule has 9 heteroatoms. The van der Waals surface area contributed by atoms with Gasteiger partial charge >= 0.3 is 0 Å². The zero-order valence-corrected chi connectivity index (χ0v) is 15.2. The van der Waals surface area contributed by atoms with Gasteiger partial charge in [-0.05, 0) is 20.8 Å². The van der Waals surface area contributed by atoms with Crippen LogP contribution in [-0.4, -0.2) is 45.6 Å². The zero-order valence-electron chi connectivity index (χ0n) is 14.4. The predicted octanol–water partition coefficient (Wildman–Crippen LogP) is 2.78. The van der Waals surface area contributed by atoms with Crippen molar-refractivity contribution >= 4 is 29.2 Å². The summed E-state index contributed by atoms with van der Waals surface area (Å²) in [6, 6.07) is 0.249. The first kappa shape index (κ1) is 16.4. The Labute approximate surface area is 150 Å². The van der Waals surface area contributed by atoms with E-state index in [4.69, 9.17) is 21.1 Å². The largest absolute Gasteiger partial charge is 0.487 e. The first-order valence-corrected chi connectivity index (χ1v) is 8.76. The molecule has 0 saturated carbocycles. The van der Waals surface area contributed by atoms with E-state index in [0.717, 1.165) is 17.3 Å². The van der Waals surface area contributed by atoms with Gasteiger partial charge in [-0.1, -0.05) is 11.6 Å². The van der Waals surface area contributed by atoms with Gasteiger partial charge in [-0.25, -0.2) is 9.67 Å². The van der Waals surface area contributed by atoms with Crippen molar-refractivity contribution in [1.82, 2.24) is 19.7 Å². The van der Waals surface area contributed by atoms with Crippen molar-refractivity contribution < 1.29 is 9.47 Å². The van der Waals surface area contributed by atoms with Gasteiger partial charge in [0.15, 0.2) is 17.4 Å². The van der Waals surface area contributed by atoms with Gasteiger partial charge in [0.25, 0.3) is 0 Å². The van der Waals surface area contributed by atoms with E-state index >= 15 is 0 Å². The Morgan fingerprint density at radius 2 is 2.16 bits per heavy atom. The van der Waals surface area contributed by atoms with Crippen molar-refractivity contribution in [2.75, 3.05) is 30.5 Å². The van der Waals surface area contributed by atoms with Crippen LogP contribution in [0.15, 0.2) is 6.20 Å². The highest BCUT2D eigenvalue weighted by Gasteiger charge is 2.32.